The summed E-state index contributed by atoms with van der Waals surface area (Å²) in [5.41, 5.74) is 0. The van der Waals surface area contributed by atoms with Gasteiger partial charge in [-0.3, -0.25) is 0 Å². The summed E-state index contributed by atoms with van der Waals surface area (Å²) >= 11 is 0. The number of aryl methyl sites for hydroxylation is 1. The standard InChI is InChI=1S/C12H22N2/c1-3-5-6-11(4-2)7-8-12-13-9-10-14-12/h9-11H,3-8H2,1-2H3,(H,13,14). The second-order valence-corrected chi connectivity index (χ2v) is 3.99. The molecule has 2 nitrogen and oxygen atoms in total. The van der Waals surface area contributed by atoms with E-state index in [-0.39, 0.29) is 0 Å². The van der Waals surface area contributed by atoms with E-state index in [1.54, 1.807) is 0 Å². The van der Waals surface area contributed by atoms with E-state index in [0.29, 0.717) is 0 Å². The molecule has 1 aromatic heterocycles. The number of aromatic amines is 1. The highest BCUT2D eigenvalue weighted by Crippen LogP contribution is 2.18. The van der Waals surface area contributed by atoms with Crippen LogP contribution in [0.3, 0.4) is 0 Å². The van der Waals surface area contributed by atoms with Gasteiger partial charge in [0.1, 0.15) is 5.82 Å². The van der Waals surface area contributed by atoms with Gasteiger partial charge in [0.2, 0.25) is 0 Å². The van der Waals surface area contributed by atoms with Crippen molar-refractivity contribution in [3.63, 3.8) is 0 Å². The molecule has 1 atom stereocenters. The Kier molecular flexibility index (Phi) is 5.35. The maximum absolute atomic E-state index is 4.25. The molecule has 0 aromatic carbocycles. The number of H-pyrrole nitrogens is 1. The van der Waals surface area contributed by atoms with Crippen molar-refractivity contribution in [1.82, 2.24) is 9.97 Å². The van der Waals surface area contributed by atoms with Crippen molar-refractivity contribution in [2.75, 3.05) is 0 Å². The number of rotatable bonds is 7. The molecule has 0 radical (unpaired) electrons. The lowest BCUT2D eigenvalue weighted by Crippen LogP contribution is -2.01. The van der Waals surface area contributed by atoms with E-state index in [2.05, 4.69) is 23.8 Å². The van der Waals surface area contributed by atoms with Crippen molar-refractivity contribution in [2.24, 2.45) is 5.92 Å². The summed E-state index contributed by atoms with van der Waals surface area (Å²) in [4.78, 5) is 7.41. The summed E-state index contributed by atoms with van der Waals surface area (Å²) in [6, 6.07) is 0. The van der Waals surface area contributed by atoms with E-state index >= 15 is 0 Å². The summed E-state index contributed by atoms with van der Waals surface area (Å²) < 4.78 is 0. The molecule has 0 saturated heterocycles. The first-order valence-corrected chi connectivity index (χ1v) is 5.85. The Bertz CT molecular complexity index is 216. The molecule has 2 heteroatoms. The van der Waals surface area contributed by atoms with Gasteiger partial charge in [0, 0.05) is 18.8 Å². The van der Waals surface area contributed by atoms with Crippen molar-refractivity contribution in [1.29, 1.82) is 0 Å². The van der Waals surface area contributed by atoms with Gasteiger partial charge in [-0.15, -0.1) is 0 Å². The lowest BCUT2D eigenvalue weighted by Gasteiger charge is -2.12. The maximum Gasteiger partial charge on any atom is 0.106 e. The second kappa shape index (κ2) is 6.63. The number of hydrogen-bond acceptors (Lipinski definition) is 1. The van der Waals surface area contributed by atoms with E-state index in [1.807, 2.05) is 12.4 Å². The van der Waals surface area contributed by atoms with Gasteiger partial charge in [-0.2, -0.15) is 0 Å². The zero-order valence-electron chi connectivity index (χ0n) is 9.42. The topological polar surface area (TPSA) is 28.7 Å². The van der Waals surface area contributed by atoms with Gasteiger partial charge in [0.25, 0.3) is 0 Å². The Hall–Kier alpha value is -0.790. The first kappa shape index (κ1) is 11.3. The summed E-state index contributed by atoms with van der Waals surface area (Å²) in [6.45, 7) is 4.56. The molecule has 1 rings (SSSR count). The molecule has 0 aliphatic rings. The van der Waals surface area contributed by atoms with Crippen molar-refractivity contribution in [2.45, 2.75) is 52.4 Å². The fourth-order valence-corrected chi connectivity index (χ4v) is 1.82. The summed E-state index contributed by atoms with van der Waals surface area (Å²) in [5.74, 6) is 2.03. The molecule has 0 amide bonds. The Morgan fingerprint density at radius 2 is 2.21 bits per heavy atom. The highest BCUT2D eigenvalue weighted by molar-refractivity contribution is 4.87. The minimum Gasteiger partial charge on any atom is -0.349 e. The molecular formula is C12H22N2. The van der Waals surface area contributed by atoms with Crippen molar-refractivity contribution >= 4 is 0 Å². The van der Waals surface area contributed by atoms with Crippen LogP contribution in [0.2, 0.25) is 0 Å². The maximum atomic E-state index is 4.25. The lowest BCUT2D eigenvalue weighted by atomic mass is 9.94. The monoisotopic (exact) mass is 194 g/mol. The molecule has 1 heterocycles. The second-order valence-electron chi connectivity index (χ2n) is 3.99. The van der Waals surface area contributed by atoms with Gasteiger partial charge in [0.05, 0.1) is 0 Å². The molecule has 0 aliphatic carbocycles. The highest BCUT2D eigenvalue weighted by atomic mass is 14.9. The molecule has 1 unspecified atom stereocenters. The van der Waals surface area contributed by atoms with Crippen molar-refractivity contribution in [3.8, 4) is 0 Å². The van der Waals surface area contributed by atoms with Gasteiger partial charge in [-0.1, -0.05) is 39.5 Å². The first-order chi connectivity index (χ1) is 6.86. The molecule has 1 aromatic rings. The quantitative estimate of drug-likeness (QED) is 0.706. The van der Waals surface area contributed by atoms with Crippen LogP contribution in [-0.4, -0.2) is 9.97 Å². The van der Waals surface area contributed by atoms with Crippen LogP contribution in [0.4, 0.5) is 0 Å². The molecule has 0 spiro atoms. The normalized spacial score (nSPS) is 13.0. The van der Waals surface area contributed by atoms with E-state index in [1.165, 1.54) is 32.1 Å². The summed E-state index contributed by atoms with van der Waals surface area (Å²) in [5, 5.41) is 0. The van der Waals surface area contributed by atoms with Crippen LogP contribution in [0.1, 0.15) is 51.8 Å². The summed E-state index contributed by atoms with van der Waals surface area (Å²) in [6.07, 6.45) is 11.5. The molecule has 80 valence electrons. The van der Waals surface area contributed by atoms with Crippen molar-refractivity contribution in [3.05, 3.63) is 18.2 Å². The number of hydrogen-bond donors (Lipinski definition) is 1. The molecule has 14 heavy (non-hydrogen) atoms. The van der Waals surface area contributed by atoms with Crippen LogP contribution in [0.5, 0.6) is 0 Å². The Morgan fingerprint density at radius 1 is 1.36 bits per heavy atom. The predicted molar refractivity (Wildman–Crippen MR) is 60.2 cm³/mol. The molecule has 0 aliphatic heterocycles. The number of imidazole rings is 1. The first-order valence-electron chi connectivity index (χ1n) is 5.85. The van der Waals surface area contributed by atoms with Crippen molar-refractivity contribution < 1.29 is 0 Å². The Labute approximate surface area is 87.1 Å². The number of nitrogens with zero attached hydrogens (tertiary/aromatic N) is 1. The average molecular weight is 194 g/mol. The SMILES string of the molecule is CCCCC(CC)CCc1ncc[nH]1. The zero-order valence-corrected chi connectivity index (χ0v) is 9.42. The van der Waals surface area contributed by atoms with Gasteiger partial charge >= 0.3 is 0 Å². The van der Waals surface area contributed by atoms with Crippen LogP contribution >= 0.6 is 0 Å². The Morgan fingerprint density at radius 3 is 2.79 bits per heavy atom. The molecule has 0 saturated carbocycles. The van der Waals surface area contributed by atoms with Crippen LogP contribution in [0.25, 0.3) is 0 Å². The number of nitrogens with one attached hydrogen (secondary N) is 1. The average Bonchev–Trinajstić information content (AvgIpc) is 2.71. The minimum absolute atomic E-state index is 0.889. The third kappa shape index (κ3) is 3.95. The molecule has 1 N–H and O–H groups in total. The predicted octanol–water partition coefficient (Wildman–Crippen LogP) is 3.56. The van der Waals surface area contributed by atoms with Crippen LogP contribution in [0.15, 0.2) is 12.4 Å². The Balaban J connectivity index is 2.20. The highest BCUT2D eigenvalue weighted by Gasteiger charge is 2.06. The molecule has 0 fully saturated rings. The van der Waals surface area contributed by atoms with Crippen LogP contribution in [-0.2, 0) is 6.42 Å². The smallest absolute Gasteiger partial charge is 0.106 e. The fraction of sp³-hybridized carbons (Fsp3) is 0.750. The van der Waals surface area contributed by atoms with Crippen LogP contribution in [0, 0.1) is 5.92 Å². The number of unbranched alkanes of at least 4 members (excludes halogenated alkanes) is 1. The minimum atomic E-state index is 0.889. The number of aromatic nitrogens is 2. The van der Waals surface area contributed by atoms with E-state index in [0.717, 1.165) is 18.2 Å². The van der Waals surface area contributed by atoms with Gasteiger partial charge in [0.15, 0.2) is 0 Å². The van der Waals surface area contributed by atoms with Gasteiger partial charge in [-0.05, 0) is 12.3 Å². The largest absolute Gasteiger partial charge is 0.349 e. The molecule has 0 bridgehead atoms. The van der Waals surface area contributed by atoms with Gasteiger partial charge < -0.3 is 4.98 Å². The fourth-order valence-electron chi connectivity index (χ4n) is 1.82. The third-order valence-electron chi connectivity index (χ3n) is 2.89. The van der Waals surface area contributed by atoms with E-state index in [4.69, 9.17) is 0 Å². The van der Waals surface area contributed by atoms with Gasteiger partial charge in [-0.25, -0.2) is 4.98 Å². The van der Waals surface area contributed by atoms with E-state index in [9.17, 15) is 0 Å². The van der Waals surface area contributed by atoms with Crippen LogP contribution < -0.4 is 0 Å². The summed E-state index contributed by atoms with van der Waals surface area (Å²) in [7, 11) is 0. The zero-order chi connectivity index (χ0) is 10.2. The molecular weight excluding hydrogens is 172 g/mol. The lowest BCUT2D eigenvalue weighted by molar-refractivity contribution is 0.419. The van der Waals surface area contributed by atoms with E-state index < -0.39 is 0 Å². The third-order valence-corrected chi connectivity index (χ3v) is 2.89.